The van der Waals surface area contributed by atoms with Gasteiger partial charge in [0.05, 0.1) is 12.2 Å². The van der Waals surface area contributed by atoms with E-state index >= 15 is 0 Å². The highest BCUT2D eigenvalue weighted by molar-refractivity contribution is 5.89. The van der Waals surface area contributed by atoms with Crippen LogP contribution in [0.5, 0.6) is 0 Å². The first-order chi connectivity index (χ1) is 11.8. The van der Waals surface area contributed by atoms with E-state index in [1.807, 2.05) is 0 Å². The van der Waals surface area contributed by atoms with Gasteiger partial charge in [-0.05, 0) is 18.6 Å². The van der Waals surface area contributed by atoms with Gasteiger partial charge in [0.15, 0.2) is 0 Å². The highest BCUT2D eigenvalue weighted by Crippen LogP contribution is 2.12. The molecule has 0 aliphatic carbocycles. The molecule has 0 aliphatic heterocycles. The molecule has 0 spiro atoms. The second kappa shape index (κ2) is 15.2. The lowest BCUT2D eigenvalue weighted by atomic mass is 10.0. The SMILES string of the molecule is CCCCCCCCCCCCCCCOC(=O)c1ccncc1. The van der Waals surface area contributed by atoms with Crippen LogP contribution in [0.1, 0.15) is 101 Å². The first-order valence-corrected chi connectivity index (χ1v) is 9.91. The molecule has 0 N–H and O–H groups in total. The molecule has 0 aromatic carbocycles. The number of rotatable bonds is 15. The van der Waals surface area contributed by atoms with E-state index in [4.69, 9.17) is 4.74 Å². The van der Waals surface area contributed by atoms with Gasteiger partial charge in [-0.25, -0.2) is 4.79 Å². The molecule has 24 heavy (non-hydrogen) atoms. The largest absolute Gasteiger partial charge is 0.462 e. The molecule has 3 heteroatoms. The Morgan fingerprint density at radius 2 is 1.25 bits per heavy atom. The Balaban J connectivity index is 1.80. The number of pyridine rings is 1. The maximum Gasteiger partial charge on any atom is 0.338 e. The summed E-state index contributed by atoms with van der Waals surface area (Å²) in [7, 11) is 0. The van der Waals surface area contributed by atoms with Crippen LogP contribution in [0.15, 0.2) is 24.5 Å². The predicted octanol–water partition coefficient (Wildman–Crippen LogP) is 6.33. The van der Waals surface area contributed by atoms with Gasteiger partial charge in [-0.2, -0.15) is 0 Å². The van der Waals surface area contributed by atoms with E-state index in [-0.39, 0.29) is 5.97 Å². The Morgan fingerprint density at radius 1 is 0.792 bits per heavy atom. The van der Waals surface area contributed by atoms with Crippen LogP contribution in [0.3, 0.4) is 0 Å². The quantitative estimate of drug-likeness (QED) is 0.278. The van der Waals surface area contributed by atoms with Crippen molar-refractivity contribution in [3.8, 4) is 0 Å². The third-order valence-electron chi connectivity index (χ3n) is 4.40. The van der Waals surface area contributed by atoms with Crippen LogP contribution in [-0.2, 0) is 4.74 Å². The number of ether oxygens (including phenoxy) is 1. The summed E-state index contributed by atoms with van der Waals surface area (Å²) in [4.78, 5) is 15.6. The molecular weight excluding hydrogens is 298 g/mol. The molecule has 0 saturated carbocycles. The molecule has 3 nitrogen and oxygen atoms in total. The van der Waals surface area contributed by atoms with Gasteiger partial charge in [0.25, 0.3) is 0 Å². The number of hydrogen-bond donors (Lipinski definition) is 0. The molecule has 0 amide bonds. The average molecular weight is 334 g/mol. The molecule has 136 valence electrons. The van der Waals surface area contributed by atoms with Crippen LogP contribution in [0.25, 0.3) is 0 Å². The van der Waals surface area contributed by atoms with Crippen LogP contribution in [0, 0.1) is 0 Å². The number of carbonyl (C=O) groups is 1. The Morgan fingerprint density at radius 3 is 1.75 bits per heavy atom. The molecular formula is C21H35NO2. The zero-order chi connectivity index (χ0) is 17.3. The lowest BCUT2D eigenvalue weighted by molar-refractivity contribution is 0.0497. The summed E-state index contributed by atoms with van der Waals surface area (Å²) in [6.45, 7) is 2.80. The number of hydrogen-bond acceptors (Lipinski definition) is 3. The fourth-order valence-corrected chi connectivity index (χ4v) is 2.86. The van der Waals surface area contributed by atoms with Gasteiger partial charge in [-0.3, -0.25) is 4.98 Å². The van der Waals surface area contributed by atoms with Crippen LogP contribution < -0.4 is 0 Å². The van der Waals surface area contributed by atoms with E-state index in [1.165, 1.54) is 70.6 Å². The summed E-state index contributed by atoms with van der Waals surface area (Å²) in [5.41, 5.74) is 0.583. The molecule has 1 rings (SSSR count). The fourth-order valence-electron chi connectivity index (χ4n) is 2.86. The Labute approximate surface area is 148 Å². The third-order valence-corrected chi connectivity index (χ3v) is 4.40. The van der Waals surface area contributed by atoms with Crippen molar-refractivity contribution in [2.45, 2.75) is 90.4 Å². The summed E-state index contributed by atoms with van der Waals surface area (Å²) < 4.78 is 5.26. The van der Waals surface area contributed by atoms with Gasteiger partial charge in [0.1, 0.15) is 0 Å². The van der Waals surface area contributed by atoms with Crippen LogP contribution in [-0.4, -0.2) is 17.6 Å². The predicted molar refractivity (Wildman–Crippen MR) is 100 cm³/mol. The second-order valence-electron chi connectivity index (χ2n) is 6.61. The zero-order valence-electron chi connectivity index (χ0n) is 15.5. The Bertz CT molecular complexity index is 406. The van der Waals surface area contributed by atoms with Gasteiger partial charge in [-0.1, -0.05) is 84.0 Å². The fraction of sp³-hybridized carbons (Fsp3) is 0.714. The summed E-state index contributed by atoms with van der Waals surface area (Å²) in [5, 5.41) is 0. The average Bonchev–Trinajstić information content (AvgIpc) is 2.62. The Hall–Kier alpha value is -1.38. The number of esters is 1. The van der Waals surface area contributed by atoms with E-state index in [2.05, 4.69) is 11.9 Å². The number of aromatic nitrogens is 1. The van der Waals surface area contributed by atoms with Crippen molar-refractivity contribution in [1.29, 1.82) is 0 Å². The smallest absolute Gasteiger partial charge is 0.338 e. The van der Waals surface area contributed by atoms with Crippen LogP contribution >= 0.6 is 0 Å². The summed E-state index contributed by atoms with van der Waals surface area (Å²) in [5.74, 6) is -0.240. The molecule has 0 atom stereocenters. The third kappa shape index (κ3) is 11.2. The summed E-state index contributed by atoms with van der Waals surface area (Å²) in [6, 6.07) is 3.37. The van der Waals surface area contributed by atoms with Crippen molar-refractivity contribution in [3.63, 3.8) is 0 Å². The van der Waals surface area contributed by atoms with E-state index in [9.17, 15) is 4.79 Å². The highest BCUT2D eigenvalue weighted by Gasteiger charge is 2.05. The van der Waals surface area contributed by atoms with Crippen molar-refractivity contribution >= 4 is 5.97 Å². The minimum absolute atomic E-state index is 0.240. The van der Waals surface area contributed by atoms with Gasteiger partial charge in [-0.15, -0.1) is 0 Å². The molecule has 0 aliphatic rings. The molecule has 0 saturated heterocycles. The molecule has 1 aromatic rings. The first-order valence-electron chi connectivity index (χ1n) is 9.91. The van der Waals surface area contributed by atoms with Crippen molar-refractivity contribution < 1.29 is 9.53 Å². The van der Waals surface area contributed by atoms with E-state index < -0.39 is 0 Å². The van der Waals surface area contributed by atoms with E-state index in [1.54, 1.807) is 24.5 Å². The van der Waals surface area contributed by atoms with Crippen molar-refractivity contribution in [3.05, 3.63) is 30.1 Å². The van der Waals surface area contributed by atoms with E-state index in [0.717, 1.165) is 12.8 Å². The lowest BCUT2D eigenvalue weighted by Gasteiger charge is -2.05. The second-order valence-corrected chi connectivity index (χ2v) is 6.61. The van der Waals surface area contributed by atoms with Gasteiger partial charge < -0.3 is 4.74 Å². The summed E-state index contributed by atoms with van der Waals surface area (Å²) >= 11 is 0. The highest BCUT2D eigenvalue weighted by atomic mass is 16.5. The monoisotopic (exact) mass is 333 g/mol. The molecule has 0 radical (unpaired) electrons. The zero-order valence-corrected chi connectivity index (χ0v) is 15.5. The first kappa shape index (κ1) is 20.7. The molecule has 1 aromatic heterocycles. The van der Waals surface area contributed by atoms with Gasteiger partial charge in [0.2, 0.25) is 0 Å². The minimum atomic E-state index is -0.240. The Kier molecular flexibility index (Phi) is 13.1. The molecule has 0 fully saturated rings. The topological polar surface area (TPSA) is 39.2 Å². The molecule has 0 unspecified atom stereocenters. The van der Waals surface area contributed by atoms with Gasteiger partial charge >= 0.3 is 5.97 Å². The molecule has 1 heterocycles. The number of unbranched alkanes of at least 4 members (excludes halogenated alkanes) is 12. The number of carbonyl (C=O) groups excluding carboxylic acids is 1. The van der Waals surface area contributed by atoms with Crippen molar-refractivity contribution in [2.75, 3.05) is 6.61 Å². The standard InChI is InChI=1S/C21H35NO2/c1-2-3-4-5-6-7-8-9-10-11-12-13-14-19-24-21(23)20-15-17-22-18-16-20/h15-18H,2-14,19H2,1H3. The van der Waals surface area contributed by atoms with Crippen molar-refractivity contribution in [2.24, 2.45) is 0 Å². The lowest BCUT2D eigenvalue weighted by Crippen LogP contribution is -2.06. The van der Waals surface area contributed by atoms with Crippen LogP contribution in [0.4, 0.5) is 0 Å². The van der Waals surface area contributed by atoms with Crippen molar-refractivity contribution in [1.82, 2.24) is 4.98 Å². The molecule has 0 bridgehead atoms. The normalized spacial score (nSPS) is 10.7. The van der Waals surface area contributed by atoms with Gasteiger partial charge in [0, 0.05) is 12.4 Å². The number of nitrogens with zero attached hydrogens (tertiary/aromatic N) is 1. The maximum atomic E-state index is 11.7. The minimum Gasteiger partial charge on any atom is -0.462 e. The van der Waals surface area contributed by atoms with Crippen LogP contribution in [0.2, 0.25) is 0 Å². The maximum absolute atomic E-state index is 11.7. The van der Waals surface area contributed by atoms with E-state index in [0.29, 0.717) is 12.2 Å². The summed E-state index contributed by atoms with van der Waals surface area (Å²) in [6.07, 6.45) is 20.5.